The van der Waals surface area contributed by atoms with Crippen molar-refractivity contribution in [1.82, 2.24) is 0 Å². The van der Waals surface area contributed by atoms with E-state index in [2.05, 4.69) is 206 Å². The molecule has 11 aromatic rings. The van der Waals surface area contributed by atoms with Gasteiger partial charge in [-0.25, -0.2) is 0 Å². The van der Waals surface area contributed by atoms with Crippen LogP contribution in [0, 0.1) is 0 Å². The molecule has 0 aliphatic carbocycles. The highest BCUT2D eigenvalue weighted by Gasteiger charge is 2.18. The van der Waals surface area contributed by atoms with Gasteiger partial charge in [-0.1, -0.05) is 176 Å². The van der Waals surface area contributed by atoms with Gasteiger partial charge in [0.1, 0.15) is 0 Å². The van der Waals surface area contributed by atoms with Crippen LogP contribution in [0.15, 0.2) is 206 Å². The molecule has 0 nitrogen and oxygen atoms in total. The normalized spacial score (nSPS) is 11.7. The van der Waals surface area contributed by atoms with Gasteiger partial charge >= 0.3 is 0 Å². The summed E-state index contributed by atoms with van der Waals surface area (Å²) in [6, 6.07) is 76.1. The average molecular weight is 683 g/mol. The van der Waals surface area contributed by atoms with Crippen LogP contribution in [0.1, 0.15) is 0 Å². The maximum absolute atomic E-state index is 2.47. The first-order valence-corrected chi connectivity index (χ1v) is 18.8. The molecular weight excluding hydrogens is 649 g/mol. The van der Waals surface area contributed by atoms with E-state index in [1.54, 1.807) is 0 Å². The standard InChI is InChI=1S/C54H34/c1-3-14-35(15-4-1)38-19-13-20-39(30-38)40-27-28-43-41(31-40)32-42(33-50(43)36-16-5-2-6-17-36)51-34-52-46-23-10-12-25-48(46)53-44-21-8-7-18-37(44)26-29-49(53)54(52)47-24-11-9-22-45(47)51/h1-34H. The monoisotopic (exact) mass is 682 g/mol. The van der Waals surface area contributed by atoms with Crippen molar-refractivity contribution in [1.29, 1.82) is 0 Å². The van der Waals surface area contributed by atoms with Crippen LogP contribution >= 0.6 is 0 Å². The average Bonchev–Trinajstić information content (AvgIpc) is 3.25. The first-order chi connectivity index (χ1) is 26.8. The minimum absolute atomic E-state index is 1.21. The molecule has 0 spiro atoms. The Morgan fingerprint density at radius 3 is 1.48 bits per heavy atom. The van der Waals surface area contributed by atoms with E-state index in [1.807, 2.05) is 0 Å². The molecule has 0 radical (unpaired) electrons. The highest BCUT2D eigenvalue weighted by atomic mass is 14.2. The van der Waals surface area contributed by atoms with Crippen LogP contribution in [0.3, 0.4) is 0 Å². The molecule has 0 saturated carbocycles. The molecule has 0 amide bonds. The SMILES string of the molecule is c1ccc(-c2cccc(-c3ccc4c(-c5ccccc5)cc(-c5cc6c7ccccc7c7c8ccccc8ccc7c6c6ccccc56)cc4c3)c2)cc1. The molecule has 0 heterocycles. The smallest absolute Gasteiger partial charge is 0.00197 e. The maximum Gasteiger partial charge on any atom is -0.00197 e. The Balaban J connectivity index is 1.21. The molecule has 0 unspecified atom stereocenters. The summed E-state index contributed by atoms with van der Waals surface area (Å²) in [5.41, 5.74) is 9.81. The molecule has 0 atom stereocenters. The molecule has 0 bridgehead atoms. The summed E-state index contributed by atoms with van der Waals surface area (Å²) in [7, 11) is 0. The molecule has 0 fully saturated rings. The summed E-state index contributed by atoms with van der Waals surface area (Å²) >= 11 is 0. The Labute approximate surface area is 314 Å². The summed E-state index contributed by atoms with van der Waals surface area (Å²) in [6.07, 6.45) is 0. The van der Waals surface area contributed by atoms with Crippen LogP contribution in [-0.2, 0) is 0 Å². The van der Waals surface area contributed by atoms with Crippen LogP contribution in [-0.4, -0.2) is 0 Å². The number of rotatable bonds is 4. The van der Waals surface area contributed by atoms with E-state index in [9.17, 15) is 0 Å². The fourth-order valence-electron chi connectivity index (χ4n) is 8.89. The van der Waals surface area contributed by atoms with E-state index in [4.69, 9.17) is 0 Å². The number of benzene rings is 11. The van der Waals surface area contributed by atoms with Gasteiger partial charge in [-0.05, 0) is 139 Å². The third kappa shape index (κ3) is 4.85. The van der Waals surface area contributed by atoms with Crippen molar-refractivity contribution in [3.8, 4) is 44.5 Å². The van der Waals surface area contributed by atoms with E-state index < -0.39 is 0 Å². The molecule has 11 rings (SSSR count). The summed E-state index contributed by atoms with van der Waals surface area (Å²) in [6.45, 7) is 0. The predicted octanol–water partition coefficient (Wildman–Crippen LogP) is 15.3. The minimum atomic E-state index is 1.21. The molecule has 0 aliphatic rings. The molecule has 54 heavy (non-hydrogen) atoms. The molecule has 0 N–H and O–H groups in total. The molecule has 0 heteroatoms. The van der Waals surface area contributed by atoms with Gasteiger partial charge in [0.05, 0.1) is 0 Å². The Morgan fingerprint density at radius 1 is 0.185 bits per heavy atom. The number of fused-ring (bicyclic) bond motifs is 11. The van der Waals surface area contributed by atoms with Crippen molar-refractivity contribution in [2.75, 3.05) is 0 Å². The summed E-state index contributed by atoms with van der Waals surface area (Å²) in [4.78, 5) is 0. The Bertz CT molecular complexity index is 3240. The first kappa shape index (κ1) is 30.6. The zero-order valence-electron chi connectivity index (χ0n) is 29.6. The van der Waals surface area contributed by atoms with E-state index in [0.29, 0.717) is 0 Å². The minimum Gasteiger partial charge on any atom is -0.0622 e. The van der Waals surface area contributed by atoms with E-state index in [0.717, 1.165) is 0 Å². The quantitative estimate of drug-likeness (QED) is 0.162. The summed E-state index contributed by atoms with van der Waals surface area (Å²) < 4.78 is 0. The largest absolute Gasteiger partial charge is 0.0622 e. The fourth-order valence-corrected chi connectivity index (χ4v) is 8.89. The lowest BCUT2D eigenvalue weighted by Gasteiger charge is -2.18. The van der Waals surface area contributed by atoms with Crippen LogP contribution in [0.4, 0.5) is 0 Å². The number of hydrogen-bond acceptors (Lipinski definition) is 0. The molecule has 11 aromatic carbocycles. The van der Waals surface area contributed by atoms with Gasteiger partial charge in [-0.2, -0.15) is 0 Å². The highest BCUT2D eigenvalue weighted by molar-refractivity contribution is 6.36. The van der Waals surface area contributed by atoms with Crippen LogP contribution in [0.25, 0.3) is 109 Å². The van der Waals surface area contributed by atoms with Crippen LogP contribution < -0.4 is 0 Å². The van der Waals surface area contributed by atoms with E-state index >= 15 is 0 Å². The lowest BCUT2D eigenvalue weighted by atomic mass is 9.85. The van der Waals surface area contributed by atoms with E-state index in [-0.39, 0.29) is 0 Å². The van der Waals surface area contributed by atoms with Crippen molar-refractivity contribution in [2.24, 2.45) is 0 Å². The Morgan fingerprint density at radius 2 is 0.704 bits per heavy atom. The molecular formula is C54H34. The van der Waals surface area contributed by atoms with Gasteiger partial charge in [0.15, 0.2) is 0 Å². The van der Waals surface area contributed by atoms with Gasteiger partial charge in [-0.3, -0.25) is 0 Å². The predicted molar refractivity (Wildman–Crippen MR) is 233 cm³/mol. The van der Waals surface area contributed by atoms with Gasteiger partial charge in [-0.15, -0.1) is 0 Å². The van der Waals surface area contributed by atoms with Crippen molar-refractivity contribution in [2.45, 2.75) is 0 Å². The zero-order chi connectivity index (χ0) is 35.6. The third-order valence-corrected chi connectivity index (χ3v) is 11.4. The van der Waals surface area contributed by atoms with Crippen molar-refractivity contribution < 1.29 is 0 Å². The van der Waals surface area contributed by atoms with Gasteiger partial charge in [0.2, 0.25) is 0 Å². The second-order valence-corrected chi connectivity index (χ2v) is 14.4. The lowest BCUT2D eigenvalue weighted by molar-refractivity contribution is 1.59. The number of hydrogen-bond donors (Lipinski definition) is 0. The second-order valence-electron chi connectivity index (χ2n) is 14.4. The maximum atomic E-state index is 2.47. The Kier molecular flexibility index (Phi) is 6.97. The third-order valence-electron chi connectivity index (χ3n) is 11.4. The van der Waals surface area contributed by atoms with Gasteiger partial charge in [0.25, 0.3) is 0 Å². The highest BCUT2D eigenvalue weighted by Crippen LogP contribution is 2.46. The molecule has 0 aliphatic heterocycles. The lowest BCUT2D eigenvalue weighted by Crippen LogP contribution is -1.91. The van der Waals surface area contributed by atoms with Gasteiger partial charge in [0, 0.05) is 0 Å². The van der Waals surface area contributed by atoms with Crippen LogP contribution in [0.2, 0.25) is 0 Å². The topological polar surface area (TPSA) is 0 Å². The zero-order valence-corrected chi connectivity index (χ0v) is 29.6. The molecule has 0 saturated heterocycles. The molecule has 0 aromatic heterocycles. The van der Waals surface area contributed by atoms with E-state index in [1.165, 1.54) is 109 Å². The summed E-state index contributed by atoms with van der Waals surface area (Å²) in [5.74, 6) is 0. The van der Waals surface area contributed by atoms with Crippen molar-refractivity contribution in [3.63, 3.8) is 0 Å². The second kappa shape index (κ2) is 12.3. The fraction of sp³-hybridized carbons (Fsp3) is 0. The van der Waals surface area contributed by atoms with Crippen molar-refractivity contribution in [3.05, 3.63) is 206 Å². The first-order valence-electron chi connectivity index (χ1n) is 18.8. The summed E-state index contributed by atoms with van der Waals surface area (Å²) in [5, 5.41) is 15.4. The van der Waals surface area contributed by atoms with Crippen molar-refractivity contribution >= 4 is 64.6 Å². The molecule has 250 valence electrons. The van der Waals surface area contributed by atoms with Crippen LogP contribution in [0.5, 0.6) is 0 Å². The Hall–Kier alpha value is -7.02. The van der Waals surface area contributed by atoms with Gasteiger partial charge < -0.3 is 0 Å².